The Kier molecular flexibility index (Phi) is 6.10. The van der Waals surface area contributed by atoms with E-state index in [1.807, 2.05) is 6.07 Å². The van der Waals surface area contributed by atoms with Crippen LogP contribution >= 0.6 is 0 Å². The Morgan fingerprint density at radius 1 is 1.35 bits per heavy atom. The highest BCUT2D eigenvalue weighted by Crippen LogP contribution is 2.43. The number of rotatable bonds is 6. The van der Waals surface area contributed by atoms with E-state index in [0.29, 0.717) is 42.0 Å². The summed E-state index contributed by atoms with van der Waals surface area (Å²) in [4.78, 5) is 0. The summed E-state index contributed by atoms with van der Waals surface area (Å²) in [6.45, 7) is 7.99. The zero-order valence-electron chi connectivity index (χ0n) is 16.4. The van der Waals surface area contributed by atoms with Gasteiger partial charge in [0.15, 0.2) is 17.8 Å². The van der Waals surface area contributed by atoms with Crippen molar-refractivity contribution in [3.05, 3.63) is 23.8 Å². The fourth-order valence-electron chi connectivity index (χ4n) is 3.96. The summed E-state index contributed by atoms with van der Waals surface area (Å²) in [5.74, 6) is 1.16. The Morgan fingerprint density at radius 3 is 2.88 bits per heavy atom. The maximum Gasteiger partial charge on any atom is 0.188 e. The predicted octanol–water partition coefficient (Wildman–Crippen LogP) is 4.44. The number of aromatic hydroxyl groups is 1. The van der Waals surface area contributed by atoms with Crippen molar-refractivity contribution < 1.29 is 24.1 Å². The van der Waals surface area contributed by atoms with Crippen molar-refractivity contribution in [2.75, 3.05) is 20.3 Å². The van der Waals surface area contributed by atoms with Crippen LogP contribution in [0.4, 0.5) is 0 Å². The lowest BCUT2D eigenvalue weighted by Crippen LogP contribution is -2.35. The fourth-order valence-corrected chi connectivity index (χ4v) is 3.96. The number of methoxy groups -OCH3 is 1. The van der Waals surface area contributed by atoms with E-state index in [1.54, 1.807) is 12.1 Å². The summed E-state index contributed by atoms with van der Waals surface area (Å²) >= 11 is 0. The number of hydrogen-bond acceptors (Lipinski definition) is 5. The van der Waals surface area contributed by atoms with E-state index < -0.39 is 6.29 Å². The van der Waals surface area contributed by atoms with E-state index in [4.69, 9.17) is 18.9 Å². The van der Waals surface area contributed by atoms with Gasteiger partial charge in [0.1, 0.15) is 6.10 Å². The molecule has 2 fully saturated rings. The Balaban J connectivity index is 1.52. The van der Waals surface area contributed by atoms with Crippen LogP contribution in [0.3, 0.4) is 0 Å². The van der Waals surface area contributed by atoms with Crippen LogP contribution < -0.4 is 4.74 Å². The van der Waals surface area contributed by atoms with Crippen LogP contribution in [0.25, 0.3) is 0 Å². The van der Waals surface area contributed by atoms with E-state index in [1.165, 1.54) is 20.0 Å². The molecular weight excluding hydrogens is 332 g/mol. The number of para-hydroxylation sites is 1. The number of hydrogen-bond donors (Lipinski definition) is 1. The number of ether oxygens (including phenoxy) is 4. The van der Waals surface area contributed by atoms with Gasteiger partial charge in [-0.25, -0.2) is 0 Å². The highest BCUT2D eigenvalue weighted by molar-refractivity contribution is 5.46. The second-order valence-corrected chi connectivity index (χ2v) is 8.18. The van der Waals surface area contributed by atoms with Crippen LogP contribution in [0, 0.1) is 11.3 Å². The predicted molar refractivity (Wildman–Crippen MR) is 99.4 cm³/mol. The Labute approximate surface area is 156 Å². The third kappa shape index (κ3) is 4.16. The van der Waals surface area contributed by atoms with Gasteiger partial charge >= 0.3 is 0 Å². The monoisotopic (exact) mass is 364 g/mol. The molecule has 26 heavy (non-hydrogen) atoms. The van der Waals surface area contributed by atoms with Crippen LogP contribution in [0.1, 0.15) is 58.3 Å². The van der Waals surface area contributed by atoms with Crippen molar-refractivity contribution in [2.45, 2.75) is 65.0 Å². The van der Waals surface area contributed by atoms with Crippen LogP contribution in [0.5, 0.6) is 11.5 Å². The largest absolute Gasteiger partial charge is 0.504 e. The minimum atomic E-state index is -0.578. The molecule has 0 bridgehead atoms. The van der Waals surface area contributed by atoms with Gasteiger partial charge in [0.2, 0.25) is 0 Å². The molecule has 1 heterocycles. The van der Waals surface area contributed by atoms with Crippen molar-refractivity contribution in [2.24, 2.45) is 11.3 Å². The van der Waals surface area contributed by atoms with Crippen molar-refractivity contribution in [1.82, 2.24) is 0 Å². The molecule has 0 aromatic heterocycles. The average molecular weight is 364 g/mol. The second-order valence-electron chi connectivity index (χ2n) is 8.18. The minimum Gasteiger partial charge on any atom is -0.504 e. The van der Waals surface area contributed by atoms with Gasteiger partial charge in [0, 0.05) is 0 Å². The summed E-state index contributed by atoms with van der Waals surface area (Å²) in [7, 11) is 1.53. The third-order valence-electron chi connectivity index (χ3n) is 6.13. The van der Waals surface area contributed by atoms with Gasteiger partial charge in [-0.15, -0.1) is 0 Å². The van der Waals surface area contributed by atoms with Gasteiger partial charge in [-0.1, -0.05) is 33.3 Å². The molecule has 5 heteroatoms. The smallest absolute Gasteiger partial charge is 0.188 e. The van der Waals surface area contributed by atoms with Gasteiger partial charge in [-0.2, -0.15) is 0 Å². The molecule has 0 amide bonds. The molecule has 4 unspecified atom stereocenters. The van der Waals surface area contributed by atoms with Gasteiger partial charge in [0.05, 0.1) is 32.0 Å². The van der Waals surface area contributed by atoms with Crippen LogP contribution in [-0.4, -0.2) is 37.6 Å². The van der Waals surface area contributed by atoms with E-state index in [-0.39, 0.29) is 11.9 Å². The molecule has 5 nitrogen and oxygen atoms in total. The molecular formula is C21H32O5. The summed E-state index contributed by atoms with van der Waals surface area (Å²) in [5.41, 5.74) is 0.960. The lowest BCUT2D eigenvalue weighted by atomic mass is 9.67. The lowest BCUT2D eigenvalue weighted by molar-refractivity contribution is -0.0937. The van der Waals surface area contributed by atoms with Gasteiger partial charge < -0.3 is 24.1 Å². The molecule has 1 aliphatic heterocycles. The zero-order valence-corrected chi connectivity index (χ0v) is 16.4. The summed E-state index contributed by atoms with van der Waals surface area (Å²) in [6, 6.07) is 5.32. The SMILES string of the molecule is COc1cccc(C2OCC(COC3CCCC(C)(C(C)C)C3)O2)c1O. The van der Waals surface area contributed by atoms with Crippen molar-refractivity contribution in [1.29, 1.82) is 0 Å². The summed E-state index contributed by atoms with van der Waals surface area (Å²) in [6.07, 6.45) is 4.34. The molecule has 4 atom stereocenters. The Morgan fingerprint density at radius 2 is 2.15 bits per heavy atom. The molecule has 1 aliphatic carbocycles. The third-order valence-corrected chi connectivity index (χ3v) is 6.13. The molecule has 0 spiro atoms. The Hall–Kier alpha value is -1.30. The summed E-state index contributed by atoms with van der Waals surface area (Å²) < 4.78 is 23.0. The first-order valence-corrected chi connectivity index (χ1v) is 9.67. The standard InChI is InChI=1S/C21H32O5/c1-14(2)21(3)10-6-7-15(11-21)24-12-16-13-25-20(26-16)17-8-5-9-18(23-4)19(17)22/h5,8-9,14-16,20,22H,6-7,10-13H2,1-4H3. The molecule has 1 saturated heterocycles. The molecule has 1 saturated carbocycles. The van der Waals surface area contributed by atoms with Crippen molar-refractivity contribution in [3.8, 4) is 11.5 Å². The normalized spacial score (nSPS) is 32.1. The molecule has 146 valence electrons. The van der Waals surface area contributed by atoms with Crippen molar-refractivity contribution >= 4 is 0 Å². The molecule has 2 aliphatic rings. The number of phenols is 1. The topological polar surface area (TPSA) is 57.2 Å². The zero-order chi connectivity index (χ0) is 18.7. The van der Waals surface area contributed by atoms with E-state index in [2.05, 4.69) is 20.8 Å². The first kappa shape index (κ1) is 19.5. The Bertz CT molecular complexity index is 602. The highest BCUT2D eigenvalue weighted by atomic mass is 16.7. The van der Waals surface area contributed by atoms with E-state index >= 15 is 0 Å². The van der Waals surface area contributed by atoms with Gasteiger partial charge in [0.25, 0.3) is 0 Å². The number of benzene rings is 1. The average Bonchev–Trinajstić information content (AvgIpc) is 3.09. The first-order chi connectivity index (χ1) is 12.4. The molecule has 1 aromatic carbocycles. The molecule has 3 rings (SSSR count). The molecule has 1 N–H and O–H groups in total. The maximum absolute atomic E-state index is 10.3. The molecule has 0 radical (unpaired) electrons. The fraction of sp³-hybridized carbons (Fsp3) is 0.714. The lowest BCUT2D eigenvalue weighted by Gasteiger charge is -2.41. The maximum atomic E-state index is 10.3. The van der Waals surface area contributed by atoms with E-state index in [9.17, 15) is 5.11 Å². The number of phenolic OH excluding ortho intramolecular Hbond substituents is 1. The van der Waals surface area contributed by atoms with Gasteiger partial charge in [-0.05, 0) is 42.7 Å². The van der Waals surface area contributed by atoms with Crippen LogP contribution in [0.15, 0.2) is 18.2 Å². The first-order valence-electron chi connectivity index (χ1n) is 9.67. The van der Waals surface area contributed by atoms with E-state index in [0.717, 1.165) is 12.8 Å². The molecule has 1 aromatic rings. The second kappa shape index (κ2) is 8.15. The van der Waals surface area contributed by atoms with Gasteiger partial charge in [-0.3, -0.25) is 0 Å². The summed E-state index contributed by atoms with van der Waals surface area (Å²) in [5, 5.41) is 10.3. The quantitative estimate of drug-likeness (QED) is 0.809. The van der Waals surface area contributed by atoms with Crippen LogP contribution in [0.2, 0.25) is 0 Å². The highest BCUT2D eigenvalue weighted by Gasteiger charge is 2.36. The van der Waals surface area contributed by atoms with Crippen LogP contribution in [-0.2, 0) is 14.2 Å². The van der Waals surface area contributed by atoms with Crippen molar-refractivity contribution in [3.63, 3.8) is 0 Å². The minimum absolute atomic E-state index is 0.0709.